The van der Waals surface area contributed by atoms with E-state index in [1.165, 1.54) is 36.2 Å². The summed E-state index contributed by atoms with van der Waals surface area (Å²) in [6.45, 7) is 6.53. The van der Waals surface area contributed by atoms with Crippen LogP contribution in [-0.4, -0.2) is 47.7 Å². The zero-order valence-electron chi connectivity index (χ0n) is 23.7. The van der Waals surface area contributed by atoms with Crippen LogP contribution >= 0.6 is 0 Å². The summed E-state index contributed by atoms with van der Waals surface area (Å²) >= 11 is 0. The van der Waals surface area contributed by atoms with Crippen molar-refractivity contribution < 1.29 is 27.9 Å². The van der Waals surface area contributed by atoms with E-state index in [0.29, 0.717) is 5.69 Å². The number of carboxylic acids is 1. The van der Waals surface area contributed by atoms with E-state index in [4.69, 9.17) is 4.74 Å². The van der Waals surface area contributed by atoms with Crippen LogP contribution in [0.2, 0.25) is 0 Å². The summed E-state index contributed by atoms with van der Waals surface area (Å²) in [6, 6.07) is 15.1. The molecule has 0 spiro atoms. The number of carbonyl (C=O) groups excluding carboxylic acids is 1. The first-order valence-electron chi connectivity index (χ1n) is 13.5. The van der Waals surface area contributed by atoms with E-state index in [-0.39, 0.29) is 22.5 Å². The molecule has 10 nitrogen and oxygen atoms in total. The van der Waals surface area contributed by atoms with Gasteiger partial charge in [-0.25, -0.2) is 22.9 Å². The fourth-order valence-electron chi connectivity index (χ4n) is 4.67. The molecule has 0 aliphatic heterocycles. The first-order chi connectivity index (χ1) is 19.3. The number of amides is 1. The van der Waals surface area contributed by atoms with Crippen molar-refractivity contribution >= 4 is 27.9 Å². The molecule has 1 atom stereocenters. The molecule has 2 heterocycles. The van der Waals surface area contributed by atoms with Gasteiger partial charge in [0.15, 0.2) is 0 Å². The molecule has 1 aromatic carbocycles. The summed E-state index contributed by atoms with van der Waals surface area (Å²) in [5, 5.41) is 9.47. The van der Waals surface area contributed by atoms with Crippen molar-refractivity contribution in [2.24, 2.45) is 0 Å². The predicted molar refractivity (Wildman–Crippen MR) is 154 cm³/mol. The van der Waals surface area contributed by atoms with Gasteiger partial charge >= 0.3 is 12.1 Å². The number of ether oxygens (including phenoxy) is 1. The quantitative estimate of drug-likeness (QED) is 0.323. The van der Waals surface area contributed by atoms with E-state index < -0.39 is 40.3 Å². The van der Waals surface area contributed by atoms with Gasteiger partial charge in [0.1, 0.15) is 22.9 Å². The number of carboxylic acid groups (broad SMARTS) is 1. The van der Waals surface area contributed by atoms with Gasteiger partial charge in [-0.15, -0.1) is 0 Å². The molecule has 1 fully saturated rings. The van der Waals surface area contributed by atoms with Gasteiger partial charge < -0.3 is 9.84 Å². The van der Waals surface area contributed by atoms with E-state index >= 15 is 0 Å². The zero-order valence-corrected chi connectivity index (χ0v) is 24.5. The number of pyridine rings is 2. The highest BCUT2D eigenvalue weighted by Gasteiger charge is 2.42. The lowest BCUT2D eigenvalue weighted by Gasteiger charge is -2.26. The molecule has 2 N–H and O–H groups in total. The number of aliphatic carboxylic acids is 1. The first kappa shape index (κ1) is 30.1. The molecule has 4 rings (SSSR count). The molecule has 1 unspecified atom stereocenters. The van der Waals surface area contributed by atoms with Crippen molar-refractivity contribution in [2.45, 2.75) is 75.3 Å². The molecule has 1 saturated carbocycles. The largest absolute Gasteiger partial charge is 0.480 e. The molecule has 0 saturated heterocycles. The lowest BCUT2D eigenvalue weighted by atomic mass is 9.91. The van der Waals surface area contributed by atoms with E-state index in [2.05, 4.69) is 33.7 Å². The smallest absolute Gasteiger partial charge is 0.416 e. The molecular weight excluding hydrogens is 544 g/mol. The number of hydrogen-bond acceptors (Lipinski definition) is 7. The van der Waals surface area contributed by atoms with Crippen LogP contribution in [0.5, 0.6) is 0 Å². The Morgan fingerprint density at radius 3 is 2.37 bits per heavy atom. The Balaban J connectivity index is 1.69. The highest BCUT2D eigenvalue weighted by Crippen LogP contribution is 2.50. The van der Waals surface area contributed by atoms with Crippen LogP contribution in [0.1, 0.15) is 69.8 Å². The van der Waals surface area contributed by atoms with Gasteiger partial charge in [-0.3, -0.25) is 14.7 Å². The second-order valence-corrected chi connectivity index (χ2v) is 13.0. The van der Waals surface area contributed by atoms with Crippen LogP contribution in [-0.2, 0) is 31.4 Å². The topological polar surface area (TPSA) is 139 Å². The van der Waals surface area contributed by atoms with Crippen LogP contribution in [0, 0.1) is 0 Å². The molecule has 1 aliphatic carbocycles. The lowest BCUT2D eigenvalue weighted by molar-refractivity contribution is -0.135. The van der Waals surface area contributed by atoms with Crippen molar-refractivity contribution in [1.82, 2.24) is 14.7 Å². The Morgan fingerprint density at radius 1 is 1.10 bits per heavy atom. The molecule has 2 aromatic heterocycles. The molecule has 41 heavy (non-hydrogen) atoms. The van der Waals surface area contributed by atoms with Gasteiger partial charge in [-0.2, -0.15) is 0 Å². The third kappa shape index (κ3) is 7.68. The van der Waals surface area contributed by atoms with Crippen molar-refractivity contribution in [3.8, 4) is 0 Å². The van der Waals surface area contributed by atoms with Gasteiger partial charge in [0.25, 0.3) is 0 Å². The van der Waals surface area contributed by atoms with Gasteiger partial charge in [0.05, 0.1) is 11.7 Å². The minimum Gasteiger partial charge on any atom is -0.480 e. The number of benzene rings is 1. The number of nitrogens with zero attached hydrogens (tertiary/aromatic N) is 3. The predicted octanol–water partition coefficient (Wildman–Crippen LogP) is 5.01. The van der Waals surface area contributed by atoms with Crippen LogP contribution in [0.15, 0.2) is 71.9 Å². The minimum atomic E-state index is -4.00. The molecule has 11 heteroatoms. The average molecular weight is 581 g/mol. The summed E-state index contributed by atoms with van der Waals surface area (Å²) in [4.78, 5) is 33.9. The minimum absolute atomic E-state index is 0.00335. The number of anilines is 1. The molecule has 0 radical (unpaired) electrons. The van der Waals surface area contributed by atoms with Crippen molar-refractivity contribution in [3.63, 3.8) is 0 Å². The molecule has 1 aliphatic rings. The Hall–Kier alpha value is -3.83. The number of rotatable bonds is 11. The summed E-state index contributed by atoms with van der Waals surface area (Å²) in [6.07, 6.45) is 5.53. The van der Waals surface area contributed by atoms with Crippen molar-refractivity contribution in [3.05, 3.63) is 83.8 Å². The van der Waals surface area contributed by atoms with E-state index in [1.807, 2.05) is 12.1 Å². The second kappa shape index (κ2) is 12.0. The maximum absolute atomic E-state index is 13.3. The summed E-state index contributed by atoms with van der Waals surface area (Å²) in [5.41, 5.74) is 1.85. The Morgan fingerprint density at radius 2 is 1.80 bits per heavy atom. The number of hydrogen-bond donors (Lipinski definition) is 2. The van der Waals surface area contributed by atoms with Gasteiger partial charge in [0.2, 0.25) is 10.0 Å². The van der Waals surface area contributed by atoms with Crippen LogP contribution in [0.3, 0.4) is 0 Å². The fraction of sp³-hybridized carbons (Fsp3) is 0.400. The number of aromatic nitrogens is 2. The summed E-state index contributed by atoms with van der Waals surface area (Å²) in [7, 11) is -4.00. The van der Waals surface area contributed by atoms with E-state index in [0.717, 1.165) is 29.7 Å². The van der Waals surface area contributed by atoms with E-state index in [1.54, 1.807) is 32.9 Å². The molecular formula is C30H36N4O6S. The third-order valence-corrected chi connectivity index (χ3v) is 8.53. The SMILES string of the molecule is CCC1(c2ccc(CC(NS(=O)(=O)c3cccnc3)c3cccc(N(CC(=O)O)C(=O)OC(C)(C)C)n3)cc2)CC1. The average Bonchev–Trinajstić information content (AvgIpc) is 3.72. The lowest BCUT2D eigenvalue weighted by Crippen LogP contribution is -2.40. The first-order valence-corrected chi connectivity index (χ1v) is 15.0. The van der Waals surface area contributed by atoms with Gasteiger partial charge in [0, 0.05) is 12.4 Å². The Bertz CT molecular complexity index is 1480. The molecule has 3 aromatic rings. The highest BCUT2D eigenvalue weighted by molar-refractivity contribution is 7.89. The monoisotopic (exact) mass is 580 g/mol. The molecule has 1 amide bonds. The van der Waals surface area contributed by atoms with Crippen LogP contribution in [0.4, 0.5) is 10.6 Å². The van der Waals surface area contributed by atoms with Crippen molar-refractivity contribution in [1.29, 1.82) is 0 Å². The number of sulfonamides is 1. The third-order valence-electron chi connectivity index (χ3n) is 7.08. The Kier molecular flexibility index (Phi) is 8.79. The van der Waals surface area contributed by atoms with Crippen LogP contribution < -0.4 is 9.62 Å². The highest BCUT2D eigenvalue weighted by atomic mass is 32.2. The summed E-state index contributed by atoms with van der Waals surface area (Å²) in [5.74, 6) is -1.23. The number of nitrogens with one attached hydrogen (secondary N) is 1. The zero-order chi connectivity index (χ0) is 29.8. The normalized spacial score (nSPS) is 15.1. The molecule has 218 valence electrons. The maximum atomic E-state index is 13.3. The Labute approximate surface area is 240 Å². The standard InChI is InChI=1S/C30H36N4O6S/c1-5-30(15-16-30)22-13-11-21(12-14-22)18-25(33-41(38,39)23-8-7-17-31-19-23)24-9-6-10-26(32-24)34(20-27(35)36)28(37)40-29(2,3)4/h6-14,17,19,25,33H,5,15-16,18,20H2,1-4H3,(H,35,36). The maximum Gasteiger partial charge on any atom is 0.416 e. The van der Waals surface area contributed by atoms with E-state index in [9.17, 15) is 23.1 Å². The van der Waals surface area contributed by atoms with Crippen LogP contribution in [0.25, 0.3) is 0 Å². The van der Waals surface area contributed by atoms with Gasteiger partial charge in [-0.1, -0.05) is 37.3 Å². The number of carbonyl (C=O) groups is 2. The molecule has 0 bridgehead atoms. The fourth-order valence-corrected chi connectivity index (χ4v) is 5.84. The summed E-state index contributed by atoms with van der Waals surface area (Å²) < 4.78 is 34.8. The van der Waals surface area contributed by atoms with Gasteiger partial charge in [-0.05, 0) is 87.3 Å². The second-order valence-electron chi connectivity index (χ2n) is 11.3. The van der Waals surface area contributed by atoms with Crippen molar-refractivity contribution in [2.75, 3.05) is 11.4 Å².